The van der Waals surface area contributed by atoms with Crippen molar-refractivity contribution < 1.29 is 0 Å². The van der Waals surface area contributed by atoms with E-state index < -0.39 is 4.84 Å². The molecular formula is C7H10Cl4. The summed E-state index contributed by atoms with van der Waals surface area (Å²) in [6, 6.07) is 0. The van der Waals surface area contributed by atoms with E-state index in [1.165, 1.54) is 0 Å². The zero-order valence-electron chi connectivity index (χ0n) is 5.99. The number of halogens is 4. The predicted molar refractivity (Wildman–Crippen MR) is 54.0 cm³/mol. The van der Waals surface area contributed by atoms with E-state index in [1.54, 1.807) is 0 Å². The van der Waals surface area contributed by atoms with E-state index in [2.05, 4.69) is 0 Å². The van der Waals surface area contributed by atoms with Crippen LogP contribution in [0.15, 0.2) is 11.1 Å². The van der Waals surface area contributed by atoms with E-state index in [1.807, 2.05) is 6.08 Å². The average molecular weight is 236 g/mol. The van der Waals surface area contributed by atoms with Crippen LogP contribution in [0.1, 0.15) is 19.3 Å². The molecule has 0 unspecified atom stereocenters. The lowest BCUT2D eigenvalue weighted by molar-refractivity contribution is 0.952. The molecule has 66 valence electrons. The molecule has 4 heteroatoms. The molecule has 0 heterocycles. The molecule has 0 bridgehead atoms. The zero-order valence-corrected chi connectivity index (χ0v) is 9.02. The minimum absolute atomic E-state index is 0.408. The van der Waals surface area contributed by atoms with Gasteiger partial charge < -0.3 is 0 Å². The van der Waals surface area contributed by atoms with E-state index in [0.29, 0.717) is 17.3 Å². The summed E-state index contributed by atoms with van der Waals surface area (Å²) in [5, 5.41) is 0.713. The summed E-state index contributed by atoms with van der Waals surface area (Å²) < 4.78 is 0. The highest BCUT2D eigenvalue weighted by atomic mass is 35.5. The van der Waals surface area contributed by atoms with Gasteiger partial charge in [-0.05, 0) is 12.8 Å². The molecule has 0 nitrogen and oxygen atoms in total. The van der Waals surface area contributed by atoms with Crippen LogP contribution >= 0.6 is 46.4 Å². The first-order valence-corrected chi connectivity index (χ1v) is 5.14. The molecule has 0 N–H and O–H groups in total. The average Bonchev–Trinajstić information content (AvgIpc) is 1.86. The number of unbranched alkanes of at least 4 members (excludes halogenated alkanes) is 1. The molecule has 0 saturated carbocycles. The van der Waals surface area contributed by atoms with Crippen LogP contribution in [-0.4, -0.2) is 10.7 Å². The molecule has 0 aromatic carbocycles. The monoisotopic (exact) mass is 234 g/mol. The Bertz CT molecular complexity index is 120. The molecule has 11 heavy (non-hydrogen) atoms. The molecular weight excluding hydrogens is 226 g/mol. The van der Waals surface area contributed by atoms with E-state index in [4.69, 9.17) is 46.4 Å². The molecule has 0 aromatic rings. The third-order valence-corrected chi connectivity index (χ3v) is 1.94. The Labute approximate surface area is 87.5 Å². The second kappa shape index (κ2) is 7.54. The van der Waals surface area contributed by atoms with Gasteiger partial charge in [0.05, 0.1) is 0 Å². The maximum atomic E-state index is 5.76. The highest BCUT2D eigenvalue weighted by Crippen LogP contribution is 2.18. The highest BCUT2D eigenvalue weighted by molar-refractivity contribution is 6.45. The molecule has 0 fully saturated rings. The molecule has 0 atom stereocenters. The van der Waals surface area contributed by atoms with Crippen LogP contribution in [-0.2, 0) is 0 Å². The Morgan fingerprint density at radius 3 is 2.45 bits per heavy atom. The molecule has 0 aliphatic heterocycles. The van der Waals surface area contributed by atoms with Gasteiger partial charge in [-0.2, -0.15) is 0 Å². The normalized spacial score (nSPS) is 12.6. The first kappa shape index (κ1) is 11.9. The first-order chi connectivity index (χ1) is 5.16. The van der Waals surface area contributed by atoms with E-state index in [-0.39, 0.29) is 0 Å². The third-order valence-electron chi connectivity index (χ3n) is 1.05. The van der Waals surface area contributed by atoms with Gasteiger partial charge in [-0.15, -0.1) is 34.8 Å². The summed E-state index contributed by atoms with van der Waals surface area (Å²) in [6.07, 6.45) is 4.25. The van der Waals surface area contributed by atoms with Gasteiger partial charge in [0.1, 0.15) is 4.84 Å². The Hall–Kier alpha value is 0.900. The smallest absolute Gasteiger partial charge is 0.112 e. The van der Waals surface area contributed by atoms with Crippen molar-refractivity contribution >= 4 is 46.4 Å². The van der Waals surface area contributed by atoms with Crippen molar-refractivity contribution in [3.05, 3.63) is 11.1 Å². The number of hydrogen-bond acceptors (Lipinski definition) is 0. The molecule has 0 aliphatic rings. The molecule has 0 spiro atoms. The van der Waals surface area contributed by atoms with Crippen molar-refractivity contribution in [1.29, 1.82) is 0 Å². The number of alkyl halides is 3. The summed E-state index contributed by atoms with van der Waals surface area (Å²) in [7, 11) is 0. The van der Waals surface area contributed by atoms with E-state index in [0.717, 1.165) is 12.8 Å². The van der Waals surface area contributed by atoms with Crippen LogP contribution in [0.25, 0.3) is 0 Å². The van der Waals surface area contributed by atoms with Crippen molar-refractivity contribution in [2.45, 2.75) is 24.1 Å². The molecule has 0 aromatic heterocycles. The summed E-state index contributed by atoms with van der Waals surface area (Å²) >= 11 is 22.2. The number of hydrogen-bond donors (Lipinski definition) is 0. The summed E-state index contributed by atoms with van der Waals surface area (Å²) in [5.74, 6) is 0.659. The van der Waals surface area contributed by atoms with Gasteiger partial charge in [-0.3, -0.25) is 0 Å². The number of rotatable bonds is 5. The largest absolute Gasteiger partial charge is 0.127 e. The molecule has 0 amide bonds. The number of allylic oxidation sites excluding steroid dienone is 2. The Balaban J connectivity index is 3.46. The van der Waals surface area contributed by atoms with E-state index in [9.17, 15) is 0 Å². The van der Waals surface area contributed by atoms with Crippen LogP contribution in [0.3, 0.4) is 0 Å². The Morgan fingerprint density at radius 2 is 2.00 bits per heavy atom. The van der Waals surface area contributed by atoms with Gasteiger partial charge in [-0.1, -0.05) is 17.7 Å². The van der Waals surface area contributed by atoms with Gasteiger partial charge in [0.2, 0.25) is 0 Å². The molecule has 0 aliphatic carbocycles. The van der Waals surface area contributed by atoms with Crippen LogP contribution in [0.5, 0.6) is 0 Å². The van der Waals surface area contributed by atoms with Crippen LogP contribution in [0.4, 0.5) is 0 Å². The quantitative estimate of drug-likeness (QED) is 0.492. The van der Waals surface area contributed by atoms with Crippen LogP contribution < -0.4 is 0 Å². The van der Waals surface area contributed by atoms with Crippen molar-refractivity contribution in [2.24, 2.45) is 0 Å². The fourth-order valence-corrected chi connectivity index (χ4v) is 1.47. The fraction of sp³-hybridized carbons (Fsp3) is 0.714. The lowest BCUT2D eigenvalue weighted by atomic mass is 10.3. The lowest BCUT2D eigenvalue weighted by Gasteiger charge is -1.98. The summed E-state index contributed by atoms with van der Waals surface area (Å²) in [5.41, 5.74) is 0. The highest BCUT2D eigenvalue weighted by Gasteiger charge is 2.00. The van der Waals surface area contributed by atoms with Gasteiger partial charge in [0, 0.05) is 17.3 Å². The van der Waals surface area contributed by atoms with Gasteiger partial charge in [0.15, 0.2) is 0 Å². The van der Waals surface area contributed by atoms with Crippen LogP contribution in [0.2, 0.25) is 0 Å². The zero-order chi connectivity index (χ0) is 8.69. The predicted octanol–water partition coefficient (Wildman–Crippen LogP) is 4.32. The topological polar surface area (TPSA) is 0 Å². The fourth-order valence-electron chi connectivity index (χ4n) is 0.567. The first-order valence-electron chi connectivity index (χ1n) is 3.35. The van der Waals surface area contributed by atoms with Crippen LogP contribution in [0, 0.1) is 0 Å². The second-order valence-electron chi connectivity index (χ2n) is 2.08. The third kappa shape index (κ3) is 8.81. The molecule has 0 radical (unpaired) electrons. The lowest BCUT2D eigenvalue weighted by Crippen LogP contribution is -1.85. The standard InChI is InChI=1S/C7H10Cl4/c8-4-2-1-3-6(9)5-7(10)11/h3,7H,1-2,4-5H2. The van der Waals surface area contributed by atoms with Gasteiger partial charge in [-0.25, -0.2) is 0 Å². The minimum atomic E-state index is -0.408. The second-order valence-corrected chi connectivity index (χ2v) is 4.22. The molecule has 0 saturated heterocycles. The van der Waals surface area contributed by atoms with Crippen molar-refractivity contribution in [1.82, 2.24) is 0 Å². The Kier molecular flexibility index (Phi) is 8.16. The van der Waals surface area contributed by atoms with Gasteiger partial charge >= 0.3 is 0 Å². The van der Waals surface area contributed by atoms with Crippen molar-refractivity contribution in [2.75, 3.05) is 5.88 Å². The minimum Gasteiger partial charge on any atom is -0.127 e. The summed E-state index contributed by atoms with van der Waals surface area (Å²) in [6.45, 7) is 0. The van der Waals surface area contributed by atoms with Gasteiger partial charge in [0.25, 0.3) is 0 Å². The maximum Gasteiger partial charge on any atom is 0.112 e. The maximum absolute atomic E-state index is 5.76. The van der Waals surface area contributed by atoms with E-state index >= 15 is 0 Å². The SMILES string of the molecule is ClCCCC=C(Cl)CC(Cl)Cl. The van der Waals surface area contributed by atoms with Crippen molar-refractivity contribution in [3.8, 4) is 0 Å². The Morgan fingerprint density at radius 1 is 1.36 bits per heavy atom. The van der Waals surface area contributed by atoms with Crippen molar-refractivity contribution in [3.63, 3.8) is 0 Å². The molecule has 0 rings (SSSR count). The summed E-state index contributed by atoms with van der Waals surface area (Å²) in [4.78, 5) is -0.408.